The van der Waals surface area contributed by atoms with Crippen LogP contribution in [0.15, 0.2) is 48.5 Å². The van der Waals surface area contributed by atoms with Gasteiger partial charge in [-0.3, -0.25) is 9.59 Å². The average molecular weight is 497 g/mol. The van der Waals surface area contributed by atoms with Crippen molar-refractivity contribution in [1.82, 2.24) is 10.2 Å². The molecule has 2 amide bonds. The first-order valence-electron chi connectivity index (χ1n) is 12.9. The highest BCUT2D eigenvalue weighted by molar-refractivity contribution is 5.91. The lowest BCUT2D eigenvalue weighted by molar-refractivity contribution is -0.150. The van der Waals surface area contributed by atoms with E-state index in [-0.39, 0.29) is 37.1 Å². The molecule has 192 valence electrons. The second-order valence-electron chi connectivity index (χ2n) is 9.79. The summed E-state index contributed by atoms with van der Waals surface area (Å²) in [4.78, 5) is 29.3. The van der Waals surface area contributed by atoms with Crippen molar-refractivity contribution in [3.63, 3.8) is 0 Å². The Balaban J connectivity index is 1.45. The number of para-hydroxylation sites is 2. The fourth-order valence-electron chi connectivity index (χ4n) is 5.30. The van der Waals surface area contributed by atoms with Crippen LogP contribution < -0.4 is 14.8 Å². The summed E-state index contributed by atoms with van der Waals surface area (Å²) in [5.41, 5.74) is 0.549. The first-order chi connectivity index (χ1) is 17.6. The molecule has 2 heterocycles. The van der Waals surface area contributed by atoms with Gasteiger partial charge in [0.15, 0.2) is 11.5 Å². The third kappa shape index (κ3) is 5.64. The number of carbonyl (C=O) groups excluding carboxylic acids is 2. The molecule has 3 aliphatic rings. The van der Waals surface area contributed by atoms with Crippen LogP contribution in [-0.4, -0.2) is 54.7 Å². The minimum absolute atomic E-state index is 0.0399. The van der Waals surface area contributed by atoms with E-state index in [4.69, 9.17) is 14.2 Å². The van der Waals surface area contributed by atoms with E-state index < -0.39 is 18.0 Å². The summed E-state index contributed by atoms with van der Waals surface area (Å²) in [6, 6.07) is 12.1. The number of benzene rings is 2. The zero-order chi connectivity index (χ0) is 24.9. The molecule has 7 nitrogen and oxygen atoms in total. The van der Waals surface area contributed by atoms with Gasteiger partial charge in [0, 0.05) is 19.2 Å². The average Bonchev–Trinajstić information content (AvgIpc) is 3.42. The highest BCUT2D eigenvalue weighted by atomic mass is 19.1. The Labute approximate surface area is 210 Å². The van der Waals surface area contributed by atoms with Crippen LogP contribution in [0.25, 0.3) is 0 Å². The molecule has 2 aliphatic heterocycles. The van der Waals surface area contributed by atoms with Crippen LogP contribution in [0, 0.1) is 5.82 Å². The molecule has 1 aliphatic carbocycles. The van der Waals surface area contributed by atoms with Crippen LogP contribution in [0.3, 0.4) is 0 Å². The summed E-state index contributed by atoms with van der Waals surface area (Å²) in [6.07, 6.45) is 5.73. The molecule has 1 saturated carbocycles. The van der Waals surface area contributed by atoms with E-state index in [2.05, 4.69) is 5.32 Å². The topological polar surface area (TPSA) is 77.1 Å². The Morgan fingerprint density at radius 3 is 2.44 bits per heavy atom. The van der Waals surface area contributed by atoms with Crippen molar-refractivity contribution in [2.24, 2.45) is 0 Å². The van der Waals surface area contributed by atoms with Gasteiger partial charge in [0.25, 0.3) is 5.91 Å². The molecule has 2 aromatic rings. The minimum Gasteiger partial charge on any atom is -0.485 e. The summed E-state index contributed by atoms with van der Waals surface area (Å²) in [5, 5.41) is 3.17. The standard InChI is InChI=1S/C28H33FN2O5/c29-20-14-12-19(13-15-20)26(27(32)30-21-7-2-1-3-8-21)31(17-22-9-6-16-34-22)28(33)25-18-35-23-10-4-5-11-24(23)36-25/h4-5,10-15,21-22,25-26H,1-3,6-9,16-18H2,(H,30,32). The van der Waals surface area contributed by atoms with Crippen LogP contribution in [-0.2, 0) is 14.3 Å². The largest absolute Gasteiger partial charge is 0.485 e. The molecule has 0 bridgehead atoms. The number of ether oxygens (including phenoxy) is 3. The van der Waals surface area contributed by atoms with Gasteiger partial charge in [-0.2, -0.15) is 0 Å². The number of rotatable bonds is 7. The molecule has 2 aromatic carbocycles. The third-order valence-corrected chi connectivity index (χ3v) is 7.19. The molecule has 36 heavy (non-hydrogen) atoms. The van der Waals surface area contributed by atoms with E-state index in [1.165, 1.54) is 12.1 Å². The molecule has 5 rings (SSSR count). The van der Waals surface area contributed by atoms with E-state index in [1.807, 2.05) is 12.1 Å². The number of nitrogens with one attached hydrogen (secondary N) is 1. The Morgan fingerprint density at radius 1 is 0.972 bits per heavy atom. The van der Waals surface area contributed by atoms with Gasteiger partial charge in [0.1, 0.15) is 18.5 Å². The summed E-state index contributed by atoms with van der Waals surface area (Å²) in [6.45, 7) is 0.900. The monoisotopic (exact) mass is 496 g/mol. The number of halogens is 1. The van der Waals surface area contributed by atoms with Gasteiger partial charge >= 0.3 is 0 Å². The third-order valence-electron chi connectivity index (χ3n) is 7.19. The molecular formula is C28H33FN2O5. The zero-order valence-electron chi connectivity index (χ0n) is 20.4. The van der Waals surface area contributed by atoms with Gasteiger partial charge in [-0.25, -0.2) is 4.39 Å². The van der Waals surface area contributed by atoms with Crippen molar-refractivity contribution in [1.29, 1.82) is 0 Å². The van der Waals surface area contributed by atoms with Crippen LogP contribution in [0.1, 0.15) is 56.6 Å². The van der Waals surface area contributed by atoms with Crippen LogP contribution in [0.2, 0.25) is 0 Å². The Bertz CT molecular complexity index is 1050. The number of fused-ring (bicyclic) bond motifs is 1. The van der Waals surface area contributed by atoms with Crippen LogP contribution in [0.4, 0.5) is 4.39 Å². The van der Waals surface area contributed by atoms with Gasteiger partial charge < -0.3 is 24.4 Å². The highest BCUT2D eigenvalue weighted by Crippen LogP contribution is 2.33. The number of hydrogen-bond donors (Lipinski definition) is 1. The molecule has 0 spiro atoms. The predicted molar refractivity (Wildman–Crippen MR) is 131 cm³/mol. The summed E-state index contributed by atoms with van der Waals surface area (Å²) in [7, 11) is 0. The summed E-state index contributed by atoms with van der Waals surface area (Å²) >= 11 is 0. The predicted octanol–water partition coefficient (Wildman–Crippen LogP) is 4.16. The first kappa shape index (κ1) is 24.6. The minimum atomic E-state index is -0.940. The fraction of sp³-hybridized carbons (Fsp3) is 0.500. The maximum absolute atomic E-state index is 14.0. The van der Waals surface area contributed by atoms with E-state index in [9.17, 15) is 14.0 Å². The number of amides is 2. The van der Waals surface area contributed by atoms with Crippen molar-refractivity contribution < 1.29 is 28.2 Å². The van der Waals surface area contributed by atoms with Gasteiger partial charge in [-0.1, -0.05) is 43.5 Å². The maximum Gasteiger partial charge on any atom is 0.268 e. The van der Waals surface area contributed by atoms with Crippen LogP contribution in [0.5, 0.6) is 11.5 Å². The van der Waals surface area contributed by atoms with Crippen molar-refractivity contribution in [2.45, 2.75) is 69.2 Å². The molecule has 1 N–H and O–H groups in total. The molecule has 0 radical (unpaired) electrons. The molecular weight excluding hydrogens is 463 g/mol. The van der Waals surface area contributed by atoms with Crippen molar-refractivity contribution in [3.8, 4) is 11.5 Å². The van der Waals surface area contributed by atoms with Crippen molar-refractivity contribution >= 4 is 11.8 Å². The van der Waals surface area contributed by atoms with Crippen LogP contribution >= 0.6 is 0 Å². The van der Waals surface area contributed by atoms with E-state index in [0.717, 1.165) is 44.9 Å². The van der Waals surface area contributed by atoms with E-state index in [0.29, 0.717) is 23.7 Å². The summed E-state index contributed by atoms with van der Waals surface area (Å²) < 4.78 is 31.5. The molecule has 8 heteroatoms. The number of nitrogens with zero attached hydrogens (tertiary/aromatic N) is 1. The molecule has 1 saturated heterocycles. The molecule has 2 fully saturated rings. The fourth-order valence-corrected chi connectivity index (χ4v) is 5.30. The normalized spacial score (nSPS) is 22.6. The lowest BCUT2D eigenvalue weighted by Gasteiger charge is -2.37. The first-order valence-corrected chi connectivity index (χ1v) is 12.9. The molecule has 3 unspecified atom stereocenters. The number of hydrogen-bond acceptors (Lipinski definition) is 5. The number of carbonyl (C=O) groups is 2. The Hall–Kier alpha value is -3.13. The second kappa shape index (κ2) is 11.3. The smallest absolute Gasteiger partial charge is 0.268 e. The molecule has 0 aromatic heterocycles. The van der Waals surface area contributed by atoms with Crippen molar-refractivity contribution in [3.05, 3.63) is 59.9 Å². The Kier molecular flexibility index (Phi) is 7.70. The SMILES string of the molecule is O=C(NC1CCCCC1)C(c1ccc(F)cc1)N(CC1CCCO1)C(=O)C1COc2ccccc2O1. The quantitative estimate of drug-likeness (QED) is 0.623. The maximum atomic E-state index is 14.0. The Morgan fingerprint density at radius 2 is 1.72 bits per heavy atom. The van der Waals surface area contributed by atoms with E-state index in [1.54, 1.807) is 29.2 Å². The lowest BCUT2D eigenvalue weighted by Crippen LogP contribution is -2.54. The van der Waals surface area contributed by atoms with Gasteiger partial charge in [0.2, 0.25) is 12.0 Å². The van der Waals surface area contributed by atoms with Gasteiger partial charge in [0.05, 0.1) is 6.10 Å². The lowest BCUT2D eigenvalue weighted by atomic mass is 9.94. The molecule has 3 atom stereocenters. The highest BCUT2D eigenvalue weighted by Gasteiger charge is 2.40. The van der Waals surface area contributed by atoms with E-state index >= 15 is 0 Å². The summed E-state index contributed by atoms with van der Waals surface area (Å²) in [5.74, 6) is 0.0504. The van der Waals surface area contributed by atoms with Crippen molar-refractivity contribution in [2.75, 3.05) is 19.8 Å². The van der Waals surface area contributed by atoms with Gasteiger partial charge in [-0.15, -0.1) is 0 Å². The zero-order valence-corrected chi connectivity index (χ0v) is 20.4. The second-order valence-corrected chi connectivity index (χ2v) is 9.79. The van der Waals surface area contributed by atoms with Gasteiger partial charge in [-0.05, 0) is 55.5 Å².